The van der Waals surface area contributed by atoms with Crippen LogP contribution >= 0.6 is 11.6 Å². The van der Waals surface area contributed by atoms with Gasteiger partial charge in [-0.05, 0) is 24.3 Å². The predicted octanol–water partition coefficient (Wildman–Crippen LogP) is 2.37. The number of piperazine rings is 1. The summed E-state index contributed by atoms with van der Waals surface area (Å²) in [4.78, 5) is 28.3. The molecule has 2 N–H and O–H groups in total. The molecule has 0 saturated carbocycles. The number of hydrogen-bond donors (Lipinski definition) is 2. The topological polar surface area (TPSA) is 73.9 Å². The van der Waals surface area contributed by atoms with Gasteiger partial charge in [-0.3, -0.25) is 19.4 Å². The van der Waals surface area contributed by atoms with Crippen molar-refractivity contribution in [2.45, 2.75) is 0 Å². The zero-order chi connectivity index (χ0) is 22.9. The summed E-state index contributed by atoms with van der Waals surface area (Å²) in [5, 5.41) is 5.53. The Morgan fingerprint density at radius 2 is 1.69 bits per heavy atom. The number of carbonyl (C=O) groups excluding carboxylic acids is 2. The number of hydrogen-bond acceptors (Lipinski definition) is 5. The van der Waals surface area contributed by atoms with Gasteiger partial charge in [0.1, 0.15) is 12.4 Å². The minimum absolute atomic E-state index is 0.123. The highest BCUT2D eigenvalue weighted by Crippen LogP contribution is 2.22. The molecule has 0 aromatic heterocycles. The van der Waals surface area contributed by atoms with E-state index in [4.69, 9.17) is 16.3 Å². The largest absolute Gasteiger partial charge is 0.491 e. The minimum Gasteiger partial charge on any atom is -0.491 e. The normalized spacial score (nSPS) is 14.7. The van der Waals surface area contributed by atoms with Crippen LogP contribution in [-0.2, 0) is 9.59 Å². The van der Waals surface area contributed by atoms with Crippen LogP contribution in [0.3, 0.4) is 0 Å². The van der Waals surface area contributed by atoms with Crippen LogP contribution in [0, 0.1) is 11.6 Å². The third kappa shape index (κ3) is 7.44. The van der Waals surface area contributed by atoms with Gasteiger partial charge in [-0.25, -0.2) is 8.78 Å². The molecule has 0 atom stereocenters. The number of amides is 2. The van der Waals surface area contributed by atoms with Crippen molar-refractivity contribution in [3.05, 3.63) is 59.1 Å². The van der Waals surface area contributed by atoms with Gasteiger partial charge in [0.15, 0.2) is 11.6 Å². The number of carbonyl (C=O) groups is 2. The molecule has 2 aromatic rings. The maximum atomic E-state index is 13.2. The highest BCUT2D eigenvalue weighted by atomic mass is 35.5. The summed E-state index contributed by atoms with van der Waals surface area (Å²) in [6.07, 6.45) is 0. The van der Waals surface area contributed by atoms with Crippen molar-refractivity contribution >= 4 is 29.1 Å². The molecule has 0 spiro atoms. The van der Waals surface area contributed by atoms with Crippen molar-refractivity contribution in [1.29, 1.82) is 0 Å². The lowest BCUT2D eigenvalue weighted by Gasteiger charge is -2.34. The second-order valence-electron chi connectivity index (χ2n) is 7.35. The molecule has 1 heterocycles. The number of rotatable bonds is 9. The van der Waals surface area contributed by atoms with Crippen LogP contribution in [0.25, 0.3) is 0 Å². The average Bonchev–Trinajstić information content (AvgIpc) is 2.77. The Kier molecular flexibility index (Phi) is 8.78. The van der Waals surface area contributed by atoms with E-state index in [-0.39, 0.29) is 24.7 Å². The third-order valence-corrected chi connectivity index (χ3v) is 5.30. The highest BCUT2D eigenvalue weighted by Gasteiger charge is 2.19. The lowest BCUT2D eigenvalue weighted by atomic mass is 10.3. The Bertz CT molecular complexity index is 939. The number of nitrogens with one attached hydrogen (secondary N) is 2. The molecule has 32 heavy (non-hydrogen) atoms. The molecule has 1 aliphatic rings. The van der Waals surface area contributed by atoms with Gasteiger partial charge < -0.3 is 15.4 Å². The van der Waals surface area contributed by atoms with Gasteiger partial charge in [-0.2, -0.15) is 0 Å². The molecule has 1 fully saturated rings. The van der Waals surface area contributed by atoms with Gasteiger partial charge >= 0.3 is 0 Å². The Labute approximate surface area is 190 Å². The lowest BCUT2D eigenvalue weighted by Crippen LogP contribution is -2.50. The maximum absolute atomic E-state index is 13.2. The molecule has 7 nitrogen and oxygen atoms in total. The third-order valence-electron chi connectivity index (χ3n) is 4.98. The van der Waals surface area contributed by atoms with Crippen molar-refractivity contribution in [1.82, 2.24) is 15.1 Å². The van der Waals surface area contributed by atoms with E-state index >= 15 is 0 Å². The van der Waals surface area contributed by atoms with Crippen LogP contribution in [0.4, 0.5) is 14.5 Å². The van der Waals surface area contributed by atoms with Crippen molar-refractivity contribution < 1.29 is 23.1 Å². The Hall–Kier alpha value is -2.75. The zero-order valence-electron chi connectivity index (χ0n) is 17.5. The summed E-state index contributed by atoms with van der Waals surface area (Å²) in [5.74, 6) is -2.18. The van der Waals surface area contributed by atoms with Crippen LogP contribution in [0.5, 0.6) is 5.75 Å². The fourth-order valence-electron chi connectivity index (χ4n) is 3.23. The van der Waals surface area contributed by atoms with Crippen LogP contribution in [0.1, 0.15) is 0 Å². The Morgan fingerprint density at radius 3 is 2.41 bits per heavy atom. The van der Waals surface area contributed by atoms with Gasteiger partial charge in [-0.1, -0.05) is 23.7 Å². The first-order valence-corrected chi connectivity index (χ1v) is 10.6. The SMILES string of the molecule is O=C(CN1CCN(CCOc2ccccc2Cl)CC1)NCC(=O)Nc1ccc(F)c(F)c1. The molecular formula is C22H25ClF2N4O3. The summed E-state index contributed by atoms with van der Waals surface area (Å²) in [5.41, 5.74) is 0.123. The molecule has 1 aliphatic heterocycles. The molecular weight excluding hydrogens is 442 g/mol. The summed E-state index contributed by atoms with van der Waals surface area (Å²) < 4.78 is 31.8. The van der Waals surface area contributed by atoms with Gasteiger partial charge in [0.05, 0.1) is 18.1 Å². The molecule has 0 radical (unpaired) electrons. The molecule has 2 aromatic carbocycles. The molecule has 0 bridgehead atoms. The van der Waals surface area contributed by atoms with E-state index < -0.39 is 17.5 Å². The zero-order valence-corrected chi connectivity index (χ0v) is 18.2. The standard InChI is InChI=1S/C22H25ClF2N4O3/c23-17-3-1-2-4-20(17)32-12-11-28-7-9-29(10-8-28)15-22(31)26-14-21(30)27-16-5-6-18(24)19(25)13-16/h1-6,13H,7-12,14-15H2,(H,26,31)(H,27,30). The van der Waals surface area contributed by atoms with Crippen molar-refractivity contribution in [3.8, 4) is 5.75 Å². The maximum Gasteiger partial charge on any atom is 0.243 e. The number of para-hydroxylation sites is 1. The summed E-state index contributed by atoms with van der Waals surface area (Å²) in [6, 6.07) is 10.4. The van der Waals surface area contributed by atoms with Crippen molar-refractivity contribution in [2.75, 3.05) is 57.7 Å². The van der Waals surface area contributed by atoms with Crippen molar-refractivity contribution in [3.63, 3.8) is 0 Å². The Morgan fingerprint density at radius 1 is 0.969 bits per heavy atom. The number of ether oxygens (including phenoxy) is 1. The fourth-order valence-corrected chi connectivity index (χ4v) is 3.42. The van der Waals surface area contributed by atoms with E-state index in [9.17, 15) is 18.4 Å². The van der Waals surface area contributed by atoms with Gasteiger partial charge in [0.25, 0.3) is 0 Å². The van der Waals surface area contributed by atoms with E-state index in [0.717, 1.165) is 44.9 Å². The molecule has 2 amide bonds. The number of halogens is 3. The van der Waals surface area contributed by atoms with Gasteiger partial charge in [0.2, 0.25) is 11.8 Å². The number of benzene rings is 2. The molecule has 0 aliphatic carbocycles. The van der Waals surface area contributed by atoms with E-state index in [0.29, 0.717) is 17.4 Å². The van der Waals surface area contributed by atoms with Crippen LogP contribution < -0.4 is 15.4 Å². The van der Waals surface area contributed by atoms with Crippen LogP contribution in [0.15, 0.2) is 42.5 Å². The molecule has 10 heteroatoms. The number of anilines is 1. The smallest absolute Gasteiger partial charge is 0.243 e. The van der Waals surface area contributed by atoms with Gasteiger partial charge in [0, 0.05) is 44.5 Å². The summed E-state index contributed by atoms with van der Waals surface area (Å²) >= 11 is 6.07. The monoisotopic (exact) mass is 466 g/mol. The molecule has 172 valence electrons. The minimum atomic E-state index is -1.05. The first kappa shape index (κ1) is 23.9. The molecule has 1 saturated heterocycles. The second-order valence-corrected chi connectivity index (χ2v) is 7.76. The first-order valence-electron chi connectivity index (χ1n) is 10.2. The summed E-state index contributed by atoms with van der Waals surface area (Å²) in [7, 11) is 0. The van der Waals surface area contributed by atoms with E-state index in [2.05, 4.69) is 15.5 Å². The second kappa shape index (κ2) is 11.8. The van der Waals surface area contributed by atoms with E-state index in [1.807, 2.05) is 23.1 Å². The first-order chi connectivity index (χ1) is 15.4. The fraction of sp³-hybridized carbons (Fsp3) is 0.364. The van der Waals surface area contributed by atoms with E-state index in [1.54, 1.807) is 6.07 Å². The van der Waals surface area contributed by atoms with Crippen LogP contribution in [0.2, 0.25) is 5.02 Å². The average molecular weight is 467 g/mol. The highest BCUT2D eigenvalue weighted by molar-refractivity contribution is 6.32. The number of nitrogens with zero attached hydrogens (tertiary/aromatic N) is 2. The quantitative estimate of drug-likeness (QED) is 0.593. The van der Waals surface area contributed by atoms with Crippen LogP contribution in [-0.4, -0.2) is 74.0 Å². The Balaban J connectivity index is 1.29. The lowest BCUT2D eigenvalue weighted by molar-refractivity contribution is -0.125. The predicted molar refractivity (Wildman–Crippen MR) is 118 cm³/mol. The summed E-state index contributed by atoms with van der Waals surface area (Å²) in [6.45, 7) is 4.26. The van der Waals surface area contributed by atoms with E-state index in [1.165, 1.54) is 6.07 Å². The van der Waals surface area contributed by atoms with Gasteiger partial charge in [-0.15, -0.1) is 0 Å². The van der Waals surface area contributed by atoms with Crippen molar-refractivity contribution in [2.24, 2.45) is 0 Å². The molecule has 3 rings (SSSR count). The molecule has 0 unspecified atom stereocenters.